The molecule has 6 nitrogen and oxygen atoms in total. The molecule has 1 unspecified atom stereocenters. The Morgan fingerprint density at radius 1 is 1.33 bits per heavy atom. The van der Waals surface area contributed by atoms with E-state index in [1.165, 1.54) is 4.90 Å². The van der Waals surface area contributed by atoms with E-state index >= 15 is 0 Å². The van der Waals surface area contributed by atoms with Gasteiger partial charge < -0.3 is 14.8 Å². The maximum Gasteiger partial charge on any atom is 0.410 e. The molecule has 6 heteroatoms. The van der Waals surface area contributed by atoms with Crippen molar-refractivity contribution in [3.05, 3.63) is 35.9 Å². The van der Waals surface area contributed by atoms with Crippen LogP contribution in [0.2, 0.25) is 0 Å². The van der Waals surface area contributed by atoms with Crippen LogP contribution in [0.15, 0.2) is 30.3 Å². The third-order valence-corrected chi connectivity index (χ3v) is 4.17. The zero-order valence-corrected chi connectivity index (χ0v) is 14.1. The second kappa shape index (κ2) is 8.47. The molecule has 1 fully saturated rings. The van der Waals surface area contributed by atoms with Gasteiger partial charge in [-0.05, 0) is 24.3 Å². The number of carbonyl (C=O) groups is 3. The van der Waals surface area contributed by atoms with E-state index in [4.69, 9.17) is 4.74 Å². The van der Waals surface area contributed by atoms with Crippen LogP contribution in [0.5, 0.6) is 0 Å². The minimum atomic E-state index is -0.575. The van der Waals surface area contributed by atoms with Gasteiger partial charge >= 0.3 is 6.09 Å². The van der Waals surface area contributed by atoms with Crippen molar-refractivity contribution < 1.29 is 19.1 Å². The number of amides is 2. The van der Waals surface area contributed by atoms with E-state index in [0.29, 0.717) is 13.0 Å². The zero-order chi connectivity index (χ0) is 17.5. The Kier molecular flexibility index (Phi) is 6.35. The van der Waals surface area contributed by atoms with Crippen LogP contribution in [-0.4, -0.2) is 41.8 Å². The SMILES string of the molecule is CC(C)C(C=O)NC(=O)[C@@H]1CCCN1C(=O)OCc1ccccc1. The van der Waals surface area contributed by atoms with Crippen molar-refractivity contribution in [2.45, 2.75) is 45.4 Å². The van der Waals surface area contributed by atoms with E-state index in [1.807, 2.05) is 44.2 Å². The van der Waals surface area contributed by atoms with Crippen LogP contribution in [0.4, 0.5) is 4.79 Å². The predicted molar refractivity (Wildman–Crippen MR) is 89.2 cm³/mol. The van der Waals surface area contributed by atoms with Gasteiger partial charge in [-0.1, -0.05) is 44.2 Å². The number of nitrogens with zero attached hydrogens (tertiary/aromatic N) is 1. The molecule has 1 aliphatic heterocycles. The standard InChI is InChI=1S/C18H24N2O4/c1-13(2)15(11-21)19-17(22)16-9-6-10-20(16)18(23)24-12-14-7-4-3-5-8-14/h3-5,7-8,11,13,15-16H,6,9-10,12H2,1-2H3,(H,19,22)/t15?,16-/m0/s1. The number of benzene rings is 1. The Morgan fingerprint density at radius 2 is 2.04 bits per heavy atom. The van der Waals surface area contributed by atoms with Gasteiger partial charge in [0.25, 0.3) is 0 Å². The van der Waals surface area contributed by atoms with Crippen LogP contribution in [0.25, 0.3) is 0 Å². The first-order chi connectivity index (χ1) is 11.5. The molecule has 0 saturated carbocycles. The summed E-state index contributed by atoms with van der Waals surface area (Å²) in [6.45, 7) is 4.38. The van der Waals surface area contributed by atoms with Gasteiger partial charge in [-0.25, -0.2) is 4.79 Å². The Labute approximate surface area is 142 Å². The van der Waals surface area contributed by atoms with Gasteiger partial charge in [-0.2, -0.15) is 0 Å². The predicted octanol–water partition coefficient (Wildman–Crippen LogP) is 2.13. The van der Waals surface area contributed by atoms with E-state index in [1.54, 1.807) is 0 Å². The normalized spacial score (nSPS) is 18.3. The first kappa shape index (κ1) is 18.0. The molecule has 0 aromatic heterocycles. The Balaban J connectivity index is 1.92. The number of carbonyl (C=O) groups excluding carboxylic acids is 3. The third kappa shape index (κ3) is 4.57. The molecule has 1 aromatic carbocycles. The largest absolute Gasteiger partial charge is 0.445 e. The first-order valence-corrected chi connectivity index (χ1v) is 8.26. The van der Waals surface area contributed by atoms with Crippen LogP contribution in [0.3, 0.4) is 0 Å². The van der Waals surface area contributed by atoms with Gasteiger partial charge in [-0.15, -0.1) is 0 Å². The van der Waals surface area contributed by atoms with Crippen molar-refractivity contribution in [1.29, 1.82) is 0 Å². The fourth-order valence-electron chi connectivity index (χ4n) is 2.68. The van der Waals surface area contributed by atoms with Crippen LogP contribution in [0, 0.1) is 5.92 Å². The molecule has 0 radical (unpaired) electrons. The monoisotopic (exact) mass is 332 g/mol. The fraction of sp³-hybridized carbons (Fsp3) is 0.500. The lowest BCUT2D eigenvalue weighted by molar-refractivity contribution is -0.128. The highest BCUT2D eigenvalue weighted by Gasteiger charge is 2.36. The lowest BCUT2D eigenvalue weighted by Gasteiger charge is -2.25. The highest BCUT2D eigenvalue weighted by molar-refractivity contribution is 5.88. The number of ether oxygens (including phenoxy) is 1. The molecular weight excluding hydrogens is 308 g/mol. The Bertz CT molecular complexity index is 574. The van der Waals surface area contributed by atoms with Crippen LogP contribution < -0.4 is 5.32 Å². The summed E-state index contributed by atoms with van der Waals surface area (Å²) in [4.78, 5) is 37.2. The van der Waals surface area contributed by atoms with Gasteiger partial charge in [0.2, 0.25) is 5.91 Å². The van der Waals surface area contributed by atoms with E-state index in [2.05, 4.69) is 5.32 Å². The van der Waals surface area contributed by atoms with Crippen molar-refractivity contribution in [3.63, 3.8) is 0 Å². The van der Waals surface area contributed by atoms with Gasteiger partial charge in [0.15, 0.2) is 0 Å². The lowest BCUT2D eigenvalue weighted by Crippen LogP contribution is -2.50. The number of hydrogen-bond donors (Lipinski definition) is 1. The molecule has 2 amide bonds. The number of hydrogen-bond acceptors (Lipinski definition) is 4. The van der Waals surface area contributed by atoms with Gasteiger partial charge in [-0.3, -0.25) is 9.69 Å². The smallest absolute Gasteiger partial charge is 0.410 e. The Morgan fingerprint density at radius 3 is 2.67 bits per heavy atom. The number of aldehydes is 1. The Hall–Kier alpha value is -2.37. The average Bonchev–Trinajstić information content (AvgIpc) is 3.08. The molecule has 1 aliphatic rings. The maximum atomic E-state index is 12.4. The lowest BCUT2D eigenvalue weighted by atomic mass is 10.1. The van der Waals surface area contributed by atoms with Crippen molar-refractivity contribution in [2.24, 2.45) is 5.92 Å². The summed E-state index contributed by atoms with van der Waals surface area (Å²) in [5, 5.41) is 2.71. The number of likely N-dealkylation sites (tertiary alicyclic amines) is 1. The minimum absolute atomic E-state index is 0.00587. The van der Waals surface area contributed by atoms with Gasteiger partial charge in [0.1, 0.15) is 18.9 Å². The highest BCUT2D eigenvalue weighted by Crippen LogP contribution is 2.19. The van der Waals surface area contributed by atoms with Crippen LogP contribution in [0.1, 0.15) is 32.3 Å². The average molecular weight is 332 g/mol. The molecule has 0 aliphatic carbocycles. The second-order valence-corrected chi connectivity index (χ2v) is 6.31. The van der Waals surface area contributed by atoms with Crippen molar-refractivity contribution in [2.75, 3.05) is 6.54 Å². The molecule has 1 N–H and O–H groups in total. The van der Waals surface area contributed by atoms with E-state index in [-0.39, 0.29) is 18.4 Å². The van der Waals surface area contributed by atoms with E-state index in [0.717, 1.165) is 18.3 Å². The van der Waals surface area contributed by atoms with Crippen molar-refractivity contribution in [3.8, 4) is 0 Å². The summed E-state index contributed by atoms with van der Waals surface area (Å²) in [6.07, 6.45) is 1.56. The summed E-state index contributed by atoms with van der Waals surface area (Å²) in [5.74, 6) is -0.290. The molecule has 1 heterocycles. The molecule has 1 aromatic rings. The van der Waals surface area contributed by atoms with E-state index in [9.17, 15) is 14.4 Å². The second-order valence-electron chi connectivity index (χ2n) is 6.31. The highest BCUT2D eigenvalue weighted by atomic mass is 16.6. The molecule has 0 bridgehead atoms. The first-order valence-electron chi connectivity index (χ1n) is 8.26. The molecule has 130 valence electrons. The van der Waals surface area contributed by atoms with Crippen LogP contribution in [-0.2, 0) is 20.9 Å². The van der Waals surface area contributed by atoms with Crippen molar-refractivity contribution in [1.82, 2.24) is 10.2 Å². The fourth-order valence-corrected chi connectivity index (χ4v) is 2.68. The molecule has 0 spiro atoms. The van der Waals surface area contributed by atoms with Gasteiger partial charge in [0, 0.05) is 6.54 Å². The molecule has 2 rings (SSSR count). The molecule has 2 atom stereocenters. The van der Waals surface area contributed by atoms with Gasteiger partial charge in [0.05, 0.1) is 6.04 Å². The summed E-state index contributed by atoms with van der Waals surface area (Å²) in [5.41, 5.74) is 0.895. The molecule has 1 saturated heterocycles. The third-order valence-electron chi connectivity index (χ3n) is 4.17. The maximum absolute atomic E-state index is 12.4. The quantitative estimate of drug-likeness (QED) is 0.810. The summed E-state index contributed by atoms with van der Waals surface area (Å²) >= 11 is 0. The summed E-state index contributed by atoms with van der Waals surface area (Å²) in [7, 11) is 0. The molecular formula is C18H24N2O4. The summed E-state index contributed by atoms with van der Waals surface area (Å²) < 4.78 is 5.31. The molecule has 24 heavy (non-hydrogen) atoms. The minimum Gasteiger partial charge on any atom is -0.445 e. The van der Waals surface area contributed by atoms with Crippen molar-refractivity contribution >= 4 is 18.3 Å². The summed E-state index contributed by atoms with van der Waals surface area (Å²) in [6, 6.07) is 8.28. The van der Waals surface area contributed by atoms with E-state index < -0.39 is 18.2 Å². The van der Waals surface area contributed by atoms with Crippen LogP contribution >= 0.6 is 0 Å². The zero-order valence-electron chi connectivity index (χ0n) is 14.1. The topological polar surface area (TPSA) is 75.7 Å². The number of rotatable bonds is 6. The number of nitrogens with one attached hydrogen (secondary N) is 1.